The van der Waals surface area contributed by atoms with Gasteiger partial charge in [0.1, 0.15) is 0 Å². The molecule has 1 aromatic carbocycles. The summed E-state index contributed by atoms with van der Waals surface area (Å²) in [5.74, 6) is 3.11. The monoisotopic (exact) mass is 220 g/mol. The van der Waals surface area contributed by atoms with Crippen LogP contribution in [0.5, 0.6) is 0 Å². The van der Waals surface area contributed by atoms with Crippen LogP contribution in [0.3, 0.4) is 0 Å². The first-order chi connectivity index (χ1) is 7.90. The van der Waals surface area contributed by atoms with Crippen molar-refractivity contribution < 1.29 is 0 Å². The molecule has 0 unspecified atom stereocenters. The molecule has 1 aliphatic carbocycles. The Labute approximate surface area is 103 Å². The summed E-state index contributed by atoms with van der Waals surface area (Å²) in [6.07, 6.45) is 9.04. The summed E-state index contributed by atoms with van der Waals surface area (Å²) in [4.78, 5) is 3.06. The van der Waals surface area contributed by atoms with Crippen LogP contribution >= 0.6 is 0 Å². The standard InChI is InChI=1S/C14H11.CH2.Al/c1-2-12-8-10-14(11-9-12)13-6-4-3-5-7-13;;/h4,6-11H,3,5H2;1H2;. The summed E-state index contributed by atoms with van der Waals surface area (Å²) in [5, 5.41) is 3.78. The van der Waals surface area contributed by atoms with Gasteiger partial charge in [0.15, 0.2) is 0 Å². The van der Waals surface area contributed by atoms with Gasteiger partial charge in [-0.1, -0.05) is 0 Å². The number of rotatable bonds is 1. The molecule has 0 bridgehead atoms. The first-order valence-electron chi connectivity index (χ1n) is 5.50. The Kier molecular flexibility index (Phi) is 3.95. The molecule has 0 radical (unpaired) electrons. The first kappa shape index (κ1) is 11.2. The molecule has 0 heterocycles. The van der Waals surface area contributed by atoms with E-state index < -0.39 is 0 Å². The summed E-state index contributed by atoms with van der Waals surface area (Å²) >= 11 is 0.0296. The number of allylic oxidation sites excluding steroid dienone is 4. The molecule has 1 aromatic rings. The maximum absolute atomic E-state index is 3.78. The van der Waals surface area contributed by atoms with Crippen LogP contribution in [0.15, 0.2) is 42.5 Å². The van der Waals surface area contributed by atoms with Crippen molar-refractivity contribution in [2.45, 2.75) is 12.8 Å². The van der Waals surface area contributed by atoms with Gasteiger partial charge in [0.2, 0.25) is 0 Å². The molecular formula is C15H13Al. The summed E-state index contributed by atoms with van der Waals surface area (Å²) < 4.78 is 0. The van der Waals surface area contributed by atoms with Gasteiger partial charge in [0.25, 0.3) is 0 Å². The molecule has 0 spiro atoms. The summed E-state index contributed by atoms with van der Waals surface area (Å²) in [6, 6.07) is 8.45. The SMILES string of the molecule is [CH2]=[Al][C]#Cc1ccc(C2=CCCC=C2)cc1. The predicted octanol–water partition coefficient (Wildman–Crippen LogP) is 2.87. The molecule has 0 aromatic heterocycles. The zero-order valence-corrected chi connectivity index (χ0v) is 10.4. The van der Waals surface area contributed by atoms with Crippen LogP contribution in [0, 0.1) is 10.7 Å². The van der Waals surface area contributed by atoms with Crippen molar-refractivity contribution in [2.24, 2.45) is 0 Å². The Morgan fingerprint density at radius 1 is 1.12 bits per heavy atom. The van der Waals surface area contributed by atoms with E-state index in [1.165, 1.54) is 17.6 Å². The van der Waals surface area contributed by atoms with E-state index in [-0.39, 0.29) is 14.8 Å². The van der Waals surface area contributed by atoms with Gasteiger partial charge in [-0.2, -0.15) is 0 Å². The first-order valence-corrected chi connectivity index (χ1v) is 6.89. The van der Waals surface area contributed by atoms with E-state index in [9.17, 15) is 0 Å². The number of benzene rings is 1. The molecule has 0 nitrogen and oxygen atoms in total. The van der Waals surface area contributed by atoms with Gasteiger partial charge in [-0.3, -0.25) is 0 Å². The van der Waals surface area contributed by atoms with E-state index >= 15 is 0 Å². The fourth-order valence-electron chi connectivity index (χ4n) is 1.71. The molecule has 0 saturated heterocycles. The van der Waals surface area contributed by atoms with Crippen LogP contribution in [0.1, 0.15) is 24.0 Å². The van der Waals surface area contributed by atoms with Crippen LogP contribution in [0.4, 0.5) is 0 Å². The van der Waals surface area contributed by atoms with Crippen molar-refractivity contribution in [1.29, 1.82) is 0 Å². The Balaban J connectivity index is 2.22. The van der Waals surface area contributed by atoms with Gasteiger partial charge in [-0.15, -0.1) is 0 Å². The topological polar surface area (TPSA) is 0 Å². The predicted molar refractivity (Wildman–Crippen MR) is 72.5 cm³/mol. The van der Waals surface area contributed by atoms with Gasteiger partial charge in [-0.25, -0.2) is 0 Å². The normalized spacial score (nSPS) is 13.4. The van der Waals surface area contributed by atoms with Crippen molar-refractivity contribution >= 4 is 25.7 Å². The summed E-state index contributed by atoms with van der Waals surface area (Å²) in [7, 11) is 0. The molecule has 76 valence electrons. The fraction of sp³-hybridized carbons (Fsp3) is 0.133. The van der Waals surface area contributed by atoms with E-state index in [1.807, 2.05) is 0 Å². The maximum atomic E-state index is 3.78. The Hall–Kier alpha value is -1.34. The van der Waals surface area contributed by atoms with Crippen LogP contribution in [-0.4, -0.2) is 20.2 Å². The Morgan fingerprint density at radius 2 is 1.94 bits per heavy atom. The van der Waals surface area contributed by atoms with Gasteiger partial charge >= 0.3 is 103 Å². The zero-order chi connectivity index (χ0) is 11.2. The van der Waals surface area contributed by atoms with Crippen LogP contribution in [0.25, 0.3) is 5.57 Å². The third kappa shape index (κ3) is 2.83. The van der Waals surface area contributed by atoms with Crippen molar-refractivity contribution in [3.8, 4) is 10.7 Å². The van der Waals surface area contributed by atoms with Crippen LogP contribution < -0.4 is 0 Å². The fourth-order valence-corrected chi connectivity index (χ4v) is 1.98. The summed E-state index contributed by atoms with van der Waals surface area (Å²) in [5.41, 5.74) is 3.69. The number of hydrogen-bond acceptors (Lipinski definition) is 0. The minimum atomic E-state index is 0.0296. The third-order valence-electron chi connectivity index (χ3n) is 2.53. The van der Waals surface area contributed by atoms with E-state index in [1.54, 1.807) is 0 Å². The second-order valence-corrected chi connectivity index (χ2v) is 4.39. The van der Waals surface area contributed by atoms with Gasteiger partial charge < -0.3 is 0 Å². The quantitative estimate of drug-likeness (QED) is 0.504. The third-order valence-corrected chi connectivity index (χ3v) is 2.88. The molecular weight excluding hydrogens is 207 g/mol. The van der Waals surface area contributed by atoms with Crippen molar-refractivity contribution in [3.63, 3.8) is 0 Å². The summed E-state index contributed by atoms with van der Waals surface area (Å²) in [6.45, 7) is 0. The van der Waals surface area contributed by atoms with Crippen molar-refractivity contribution in [1.82, 2.24) is 0 Å². The minimum absolute atomic E-state index is 0.0296. The molecule has 2 rings (SSSR count). The van der Waals surface area contributed by atoms with Crippen molar-refractivity contribution in [3.05, 3.63) is 53.6 Å². The molecule has 0 saturated carbocycles. The number of hydrogen-bond donors (Lipinski definition) is 0. The average molecular weight is 220 g/mol. The molecule has 16 heavy (non-hydrogen) atoms. The second-order valence-electron chi connectivity index (χ2n) is 3.69. The molecule has 0 atom stereocenters. The second kappa shape index (κ2) is 5.67. The van der Waals surface area contributed by atoms with Gasteiger partial charge in [-0.05, 0) is 0 Å². The zero-order valence-electron chi connectivity index (χ0n) is 9.24. The molecule has 0 fully saturated rings. The Morgan fingerprint density at radius 3 is 2.56 bits per heavy atom. The average Bonchev–Trinajstić information content (AvgIpc) is 2.38. The molecule has 0 aliphatic heterocycles. The Bertz CT molecular complexity index is 492. The van der Waals surface area contributed by atoms with Gasteiger partial charge in [0, 0.05) is 0 Å². The van der Waals surface area contributed by atoms with Crippen molar-refractivity contribution in [2.75, 3.05) is 0 Å². The van der Waals surface area contributed by atoms with Crippen LogP contribution in [-0.2, 0) is 0 Å². The molecule has 1 heteroatoms. The van der Waals surface area contributed by atoms with Crippen LogP contribution in [0.2, 0.25) is 0 Å². The molecule has 0 N–H and O–H groups in total. The molecule has 0 amide bonds. The molecule has 1 aliphatic rings. The van der Waals surface area contributed by atoms with Gasteiger partial charge in [0.05, 0.1) is 0 Å². The van der Waals surface area contributed by atoms with E-state index in [0.717, 1.165) is 12.0 Å². The van der Waals surface area contributed by atoms with E-state index in [2.05, 4.69) is 58.6 Å². The van der Waals surface area contributed by atoms with E-state index in [4.69, 9.17) is 0 Å². The van der Waals surface area contributed by atoms with E-state index in [0.29, 0.717) is 0 Å².